The average Bonchev–Trinajstić information content (AvgIpc) is 2.55. The van der Waals surface area contributed by atoms with Gasteiger partial charge in [0.15, 0.2) is 0 Å². The highest BCUT2D eigenvalue weighted by Crippen LogP contribution is 2.25. The molecule has 1 saturated heterocycles. The summed E-state index contributed by atoms with van der Waals surface area (Å²) < 4.78 is 27.5. The first-order valence-electron chi connectivity index (χ1n) is 8.11. The summed E-state index contributed by atoms with van der Waals surface area (Å²) in [5, 5.41) is 2.93. The van der Waals surface area contributed by atoms with Crippen LogP contribution in [0.15, 0.2) is 33.6 Å². The van der Waals surface area contributed by atoms with E-state index in [0.29, 0.717) is 37.2 Å². The molecule has 0 radical (unpaired) electrons. The van der Waals surface area contributed by atoms with Crippen molar-refractivity contribution in [2.45, 2.75) is 31.2 Å². The molecular formula is C16H24BrN3O3S. The van der Waals surface area contributed by atoms with Crippen molar-refractivity contribution in [2.24, 2.45) is 0 Å². The average molecular weight is 418 g/mol. The first kappa shape index (κ1) is 19.4. The van der Waals surface area contributed by atoms with E-state index in [0.717, 1.165) is 6.42 Å². The van der Waals surface area contributed by atoms with Crippen LogP contribution in [0.2, 0.25) is 0 Å². The Morgan fingerprint density at radius 3 is 2.46 bits per heavy atom. The fourth-order valence-electron chi connectivity index (χ4n) is 2.55. The van der Waals surface area contributed by atoms with Gasteiger partial charge in [-0.05, 0) is 41.4 Å². The molecular weight excluding hydrogens is 394 g/mol. The van der Waals surface area contributed by atoms with Gasteiger partial charge >= 0.3 is 0 Å². The van der Waals surface area contributed by atoms with Gasteiger partial charge in [-0.1, -0.05) is 19.1 Å². The van der Waals surface area contributed by atoms with Crippen molar-refractivity contribution in [3.8, 4) is 0 Å². The predicted molar refractivity (Wildman–Crippen MR) is 97.2 cm³/mol. The van der Waals surface area contributed by atoms with Gasteiger partial charge in [0.1, 0.15) is 0 Å². The molecule has 0 saturated carbocycles. The molecule has 1 aromatic carbocycles. The van der Waals surface area contributed by atoms with E-state index in [1.165, 1.54) is 4.31 Å². The summed E-state index contributed by atoms with van der Waals surface area (Å²) in [6, 6.07) is 6.99. The zero-order valence-corrected chi connectivity index (χ0v) is 16.4. The second-order valence-corrected chi connectivity index (χ2v) is 8.75. The second-order valence-electron chi connectivity index (χ2n) is 5.99. The molecule has 1 fully saturated rings. The minimum Gasteiger partial charge on any atom is -0.353 e. The smallest absolute Gasteiger partial charge is 0.244 e. The molecule has 134 valence electrons. The van der Waals surface area contributed by atoms with E-state index >= 15 is 0 Å². The summed E-state index contributed by atoms with van der Waals surface area (Å²) in [4.78, 5) is 14.2. The van der Waals surface area contributed by atoms with Crippen LogP contribution in [0.4, 0.5) is 0 Å². The van der Waals surface area contributed by atoms with Crippen LogP contribution in [0.3, 0.4) is 0 Å². The molecule has 8 heteroatoms. The third kappa shape index (κ3) is 4.78. The number of piperazine rings is 1. The summed E-state index contributed by atoms with van der Waals surface area (Å²) in [5.74, 6) is -0.00791. The van der Waals surface area contributed by atoms with Crippen molar-refractivity contribution >= 4 is 31.9 Å². The largest absolute Gasteiger partial charge is 0.353 e. The minimum absolute atomic E-state index is 0.00791. The molecule has 1 amide bonds. The Balaban J connectivity index is 1.93. The number of benzene rings is 1. The normalized spacial score (nSPS) is 18.3. The number of amides is 1. The highest BCUT2D eigenvalue weighted by atomic mass is 79.9. The molecule has 0 spiro atoms. The van der Waals surface area contributed by atoms with E-state index in [4.69, 9.17) is 0 Å². The van der Waals surface area contributed by atoms with Crippen molar-refractivity contribution in [3.63, 3.8) is 0 Å². The van der Waals surface area contributed by atoms with Crippen molar-refractivity contribution in [3.05, 3.63) is 28.7 Å². The van der Waals surface area contributed by atoms with Gasteiger partial charge in [-0.3, -0.25) is 9.69 Å². The molecule has 24 heavy (non-hydrogen) atoms. The number of hydrogen-bond acceptors (Lipinski definition) is 4. The van der Waals surface area contributed by atoms with E-state index in [1.807, 2.05) is 18.7 Å². The zero-order valence-electron chi connectivity index (χ0n) is 14.0. The first-order valence-corrected chi connectivity index (χ1v) is 10.3. The highest BCUT2D eigenvalue weighted by Gasteiger charge is 2.30. The highest BCUT2D eigenvalue weighted by molar-refractivity contribution is 9.10. The maximum atomic E-state index is 12.7. The van der Waals surface area contributed by atoms with Crippen LogP contribution in [-0.4, -0.2) is 62.3 Å². The molecule has 0 unspecified atom stereocenters. The maximum Gasteiger partial charge on any atom is 0.244 e. The number of nitrogens with zero attached hydrogens (tertiary/aromatic N) is 2. The number of carbonyl (C=O) groups is 1. The van der Waals surface area contributed by atoms with Crippen molar-refractivity contribution in [1.82, 2.24) is 14.5 Å². The number of rotatable bonds is 6. The van der Waals surface area contributed by atoms with Gasteiger partial charge in [-0.15, -0.1) is 0 Å². The second kappa shape index (κ2) is 8.42. The Morgan fingerprint density at radius 1 is 1.25 bits per heavy atom. The van der Waals surface area contributed by atoms with Gasteiger partial charge in [0.25, 0.3) is 0 Å². The van der Waals surface area contributed by atoms with E-state index < -0.39 is 10.0 Å². The van der Waals surface area contributed by atoms with Crippen molar-refractivity contribution < 1.29 is 13.2 Å². The maximum absolute atomic E-state index is 12.7. The Hall–Kier alpha value is -0.960. The van der Waals surface area contributed by atoms with Crippen LogP contribution in [0.1, 0.15) is 20.3 Å². The minimum atomic E-state index is -3.51. The molecule has 1 aliphatic heterocycles. The Morgan fingerprint density at radius 2 is 1.88 bits per heavy atom. The van der Waals surface area contributed by atoms with E-state index in [2.05, 4.69) is 21.2 Å². The number of hydrogen-bond donors (Lipinski definition) is 1. The van der Waals surface area contributed by atoms with E-state index in [1.54, 1.807) is 24.3 Å². The van der Waals surface area contributed by atoms with E-state index in [9.17, 15) is 13.2 Å². The molecule has 1 aromatic rings. The number of nitrogens with one attached hydrogen (secondary N) is 1. The summed E-state index contributed by atoms with van der Waals surface area (Å²) in [5.41, 5.74) is 0. The molecule has 0 aliphatic carbocycles. The lowest BCUT2D eigenvalue weighted by Gasteiger charge is -2.33. The van der Waals surface area contributed by atoms with Gasteiger partial charge in [0.2, 0.25) is 15.9 Å². The Kier molecular flexibility index (Phi) is 6.79. The predicted octanol–water partition coefficient (Wildman–Crippen LogP) is 1.67. The number of carbonyl (C=O) groups excluding carboxylic acids is 1. The fraction of sp³-hybridized carbons (Fsp3) is 0.562. The van der Waals surface area contributed by atoms with Crippen LogP contribution < -0.4 is 5.32 Å². The van der Waals surface area contributed by atoms with Crippen LogP contribution >= 0.6 is 15.9 Å². The Labute approximate surface area is 152 Å². The lowest BCUT2D eigenvalue weighted by molar-refractivity contribution is -0.123. The molecule has 1 N–H and O–H groups in total. The molecule has 6 nitrogen and oxygen atoms in total. The van der Waals surface area contributed by atoms with Gasteiger partial charge in [0, 0.05) is 36.7 Å². The molecule has 2 rings (SSSR count). The SMILES string of the molecule is CC[C@H](C)NC(=O)CN1CCN(S(=O)(=O)c2ccccc2Br)CC1. The van der Waals surface area contributed by atoms with Crippen LogP contribution in [0.5, 0.6) is 0 Å². The van der Waals surface area contributed by atoms with E-state index in [-0.39, 0.29) is 16.8 Å². The quantitative estimate of drug-likeness (QED) is 0.763. The molecule has 1 aliphatic rings. The lowest BCUT2D eigenvalue weighted by Crippen LogP contribution is -2.51. The van der Waals surface area contributed by atoms with Crippen molar-refractivity contribution in [2.75, 3.05) is 32.7 Å². The fourth-order valence-corrected chi connectivity index (χ4v) is 4.93. The van der Waals surface area contributed by atoms with Crippen LogP contribution in [0.25, 0.3) is 0 Å². The topological polar surface area (TPSA) is 69.7 Å². The van der Waals surface area contributed by atoms with Crippen LogP contribution in [-0.2, 0) is 14.8 Å². The van der Waals surface area contributed by atoms with Crippen LogP contribution in [0, 0.1) is 0 Å². The van der Waals surface area contributed by atoms with Crippen molar-refractivity contribution in [1.29, 1.82) is 0 Å². The lowest BCUT2D eigenvalue weighted by atomic mass is 10.2. The molecule has 1 atom stereocenters. The summed E-state index contributed by atoms with van der Waals surface area (Å²) in [7, 11) is -3.51. The van der Waals surface area contributed by atoms with Gasteiger partial charge in [0.05, 0.1) is 11.4 Å². The standard InChI is InChI=1S/C16H24BrN3O3S/c1-3-13(2)18-16(21)12-19-8-10-20(11-9-19)24(22,23)15-7-5-4-6-14(15)17/h4-7,13H,3,8-12H2,1-2H3,(H,18,21)/t13-/m0/s1. The molecule has 0 aromatic heterocycles. The summed E-state index contributed by atoms with van der Waals surface area (Å²) in [6.07, 6.45) is 0.893. The summed E-state index contributed by atoms with van der Waals surface area (Å²) >= 11 is 3.30. The molecule has 1 heterocycles. The summed E-state index contributed by atoms with van der Waals surface area (Å²) in [6.45, 7) is 6.19. The first-order chi connectivity index (χ1) is 11.3. The molecule has 0 bridgehead atoms. The number of halogens is 1. The Bertz CT molecular complexity index is 673. The third-order valence-corrected chi connectivity index (χ3v) is 7.08. The van der Waals surface area contributed by atoms with Gasteiger partial charge in [-0.2, -0.15) is 4.31 Å². The van der Waals surface area contributed by atoms with Gasteiger partial charge in [-0.25, -0.2) is 8.42 Å². The van der Waals surface area contributed by atoms with Gasteiger partial charge < -0.3 is 5.32 Å². The number of sulfonamides is 1. The third-order valence-electron chi connectivity index (χ3n) is 4.17. The monoisotopic (exact) mass is 417 g/mol. The zero-order chi connectivity index (χ0) is 17.7.